The minimum absolute atomic E-state index is 0.360. The summed E-state index contributed by atoms with van der Waals surface area (Å²) in [6.07, 6.45) is 12.4. The molecule has 3 aliphatic heterocycles. The van der Waals surface area contributed by atoms with E-state index < -0.39 is 21.1 Å². The van der Waals surface area contributed by atoms with Crippen molar-refractivity contribution < 1.29 is 27.9 Å². The third-order valence-electron chi connectivity index (χ3n) is 12.9. The molecule has 3 aliphatic rings. The average molecular weight is 907 g/mol. The van der Waals surface area contributed by atoms with Crippen LogP contribution in [0.5, 0.6) is 0 Å². The Bertz CT molecular complexity index is 2480. The molecule has 0 saturated carbocycles. The highest BCUT2D eigenvalue weighted by atomic mass is 79.9. The number of hydrogen-bond acceptors (Lipinski definition) is 12. The van der Waals surface area contributed by atoms with Gasteiger partial charge in [-0.25, -0.2) is 19.3 Å². The van der Waals surface area contributed by atoms with Crippen LogP contribution in [0.2, 0.25) is 0 Å². The van der Waals surface area contributed by atoms with Gasteiger partial charge in [0, 0.05) is 27.6 Å². The fraction of sp³-hybridized carbons (Fsp3) is 0.500. The van der Waals surface area contributed by atoms with E-state index in [-0.39, 0.29) is 33.6 Å². The monoisotopic (exact) mass is 906 g/mol. The van der Waals surface area contributed by atoms with Crippen LogP contribution in [0.3, 0.4) is 0 Å². The third kappa shape index (κ3) is 9.02. The van der Waals surface area contributed by atoms with Crippen molar-refractivity contribution in [3.8, 4) is 11.6 Å². The van der Waals surface area contributed by atoms with E-state index in [1.165, 1.54) is 0 Å². The quantitative estimate of drug-likeness (QED) is 0.149. The zero-order chi connectivity index (χ0) is 45.0. The first-order chi connectivity index (χ1) is 29.0. The maximum Gasteiger partial charge on any atom is 0.494 e. The molecule has 62 heavy (non-hydrogen) atoms. The summed E-state index contributed by atoms with van der Waals surface area (Å²) in [5.41, 5.74) is 2.68. The van der Waals surface area contributed by atoms with E-state index in [9.17, 15) is 0 Å². The number of halogens is 1. The molecule has 18 heteroatoms. The molecular formula is C44H58B3BrN8O6. The van der Waals surface area contributed by atoms with E-state index in [1.54, 1.807) is 24.8 Å². The number of aryl methyl sites for hydroxylation is 2. The normalized spacial score (nSPS) is 20.3. The number of nitrogens with zero attached hydrogens (tertiary/aromatic N) is 8. The zero-order valence-electron chi connectivity index (χ0n) is 38.5. The van der Waals surface area contributed by atoms with Gasteiger partial charge in [-0.1, -0.05) is 48.0 Å². The summed E-state index contributed by atoms with van der Waals surface area (Å²) in [7, 11) is -1.35. The minimum atomic E-state index is -0.476. The Hall–Kier alpha value is -4.03. The van der Waals surface area contributed by atoms with Crippen LogP contribution < -0.4 is 5.46 Å². The van der Waals surface area contributed by atoms with Gasteiger partial charge in [-0.05, 0) is 120 Å². The summed E-state index contributed by atoms with van der Waals surface area (Å²) in [5, 5.41) is 11.0. The van der Waals surface area contributed by atoms with Crippen LogP contribution in [0.1, 0.15) is 108 Å². The number of aromatic nitrogens is 8. The van der Waals surface area contributed by atoms with Crippen LogP contribution in [-0.4, -0.2) is 94.2 Å². The van der Waals surface area contributed by atoms with Gasteiger partial charge in [0.1, 0.15) is 0 Å². The van der Waals surface area contributed by atoms with Gasteiger partial charge in [-0.15, -0.1) is 0 Å². The second-order valence-corrected chi connectivity index (χ2v) is 19.8. The van der Waals surface area contributed by atoms with Gasteiger partial charge in [0.2, 0.25) is 0 Å². The summed E-state index contributed by atoms with van der Waals surface area (Å²) in [5.74, 6) is 1.47. The number of benzene rings is 2. The van der Waals surface area contributed by atoms with Crippen LogP contribution in [0.4, 0.5) is 0 Å². The van der Waals surface area contributed by atoms with Crippen molar-refractivity contribution in [2.75, 3.05) is 0 Å². The number of rotatable bonds is 6. The van der Waals surface area contributed by atoms with Crippen molar-refractivity contribution in [2.24, 2.45) is 0 Å². The Morgan fingerprint density at radius 3 is 1.31 bits per heavy atom. The largest absolute Gasteiger partial charge is 0.494 e. The van der Waals surface area contributed by atoms with Crippen LogP contribution in [0.25, 0.3) is 33.4 Å². The first kappa shape index (κ1) is 46.0. The highest BCUT2D eigenvalue weighted by molar-refractivity contribution is 9.10. The van der Waals surface area contributed by atoms with Crippen LogP contribution >= 0.6 is 15.9 Å². The number of hydrogen-bond donors (Lipinski definition) is 0. The topological polar surface area (TPSA) is 143 Å². The second-order valence-electron chi connectivity index (χ2n) is 18.9. The van der Waals surface area contributed by atoms with Gasteiger partial charge < -0.3 is 27.9 Å². The molecule has 0 N–H and O–H groups in total. The standard InChI is InChI=1S/C19H23BN4O2.C13H11BrN4.C12H24B2O4/c1-6-15-11-21-12-17(23-15)24-16-9-14(8-7-13(16)10-22-24)20-25-18(2,3)19(4,5)26-20;1-2-11-7-15-8-13(17-11)18-12-5-10(14)4-3-9(12)6-16-18;1-9(2)10(3,4)16-13(15-9)14-17-11(5,6)12(7,8)18-14/h7-12H,6H2,1-5H3;3-8H,2H2,1H3;1-8H3. The molecule has 7 heterocycles. The fourth-order valence-corrected chi connectivity index (χ4v) is 7.20. The van der Waals surface area contributed by atoms with Crippen molar-refractivity contribution in [3.63, 3.8) is 0 Å². The summed E-state index contributed by atoms with van der Waals surface area (Å²) >= 11 is 3.47. The lowest BCUT2D eigenvalue weighted by Crippen LogP contribution is -2.41. The highest BCUT2D eigenvalue weighted by Crippen LogP contribution is 2.43. The van der Waals surface area contributed by atoms with Gasteiger partial charge in [0.25, 0.3) is 0 Å². The van der Waals surface area contributed by atoms with Crippen molar-refractivity contribution in [1.29, 1.82) is 0 Å². The molecule has 326 valence electrons. The molecule has 4 aromatic heterocycles. The SMILES string of the molecule is CC1(C)OB(B2OC(C)(C)C(C)(C)O2)OC1(C)C.CCc1cncc(-n2ncc3ccc(B4OC(C)(C)C(C)(C)O4)cc32)n1.CCc1cncc(-n2ncc3ccc(Br)cc32)n1. The maximum atomic E-state index is 6.18. The molecular weight excluding hydrogens is 849 g/mol. The predicted molar refractivity (Wildman–Crippen MR) is 248 cm³/mol. The van der Waals surface area contributed by atoms with Crippen molar-refractivity contribution in [2.45, 2.75) is 143 Å². The lowest BCUT2D eigenvalue weighted by atomic mass is 9.49. The van der Waals surface area contributed by atoms with Crippen LogP contribution in [0.15, 0.2) is 78.1 Å². The van der Waals surface area contributed by atoms with Gasteiger partial charge in [0.15, 0.2) is 11.6 Å². The molecule has 0 bridgehead atoms. The number of fused-ring (bicyclic) bond motifs is 2. The van der Waals surface area contributed by atoms with Crippen molar-refractivity contribution in [3.05, 3.63) is 89.4 Å². The summed E-state index contributed by atoms with van der Waals surface area (Å²) in [6, 6.07) is 12.2. The third-order valence-corrected chi connectivity index (χ3v) is 13.4. The Kier molecular flexibility index (Phi) is 12.5. The van der Waals surface area contributed by atoms with Crippen molar-refractivity contribution >= 4 is 64.3 Å². The first-order valence-electron chi connectivity index (χ1n) is 21.3. The van der Waals surface area contributed by atoms with Gasteiger partial charge in [-0.3, -0.25) is 9.97 Å². The summed E-state index contributed by atoms with van der Waals surface area (Å²) < 4.78 is 40.9. The molecule has 0 atom stereocenters. The fourth-order valence-electron chi connectivity index (χ4n) is 6.85. The predicted octanol–water partition coefficient (Wildman–Crippen LogP) is 8.07. The first-order valence-corrected chi connectivity index (χ1v) is 22.1. The molecule has 0 spiro atoms. The van der Waals surface area contributed by atoms with Gasteiger partial charge in [0.05, 0.1) is 80.8 Å². The summed E-state index contributed by atoms with van der Waals surface area (Å²) in [6.45, 7) is 28.6. The summed E-state index contributed by atoms with van der Waals surface area (Å²) in [4.78, 5) is 17.7. The van der Waals surface area contributed by atoms with E-state index in [0.717, 1.165) is 61.8 Å². The molecule has 2 aromatic carbocycles. The second kappa shape index (κ2) is 16.8. The minimum Gasteiger partial charge on any atom is -0.405 e. The van der Waals surface area contributed by atoms with E-state index in [1.807, 2.05) is 107 Å². The lowest BCUT2D eigenvalue weighted by Gasteiger charge is -2.32. The maximum absolute atomic E-state index is 6.18. The smallest absolute Gasteiger partial charge is 0.405 e. The van der Waals surface area contributed by atoms with Crippen LogP contribution in [-0.2, 0) is 40.8 Å². The van der Waals surface area contributed by atoms with Crippen molar-refractivity contribution in [1.82, 2.24) is 39.5 Å². The Morgan fingerprint density at radius 1 is 0.500 bits per heavy atom. The van der Waals surface area contributed by atoms with Gasteiger partial charge in [-0.2, -0.15) is 10.2 Å². The molecule has 9 rings (SSSR count). The highest BCUT2D eigenvalue weighted by Gasteiger charge is 2.63. The molecule has 6 aromatic rings. The Morgan fingerprint density at radius 2 is 0.887 bits per heavy atom. The zero-order valence-corrected chi connectivity index (χ0v) is 40.1. The van der Waals surface area contributed by atoms with E-state index in [2.05, 4.69) is 93.7 Å². The molecule has 3 saturated heterocycles. The van der Waals surface area contributed by atoms with Crippen LogP contribution in [0, 0.1) is 0 Å². The molecule has 0 unspecified atom stereocenters. The molecule has 0 radical (unpaired) electrons. The molecule has 0 aliphatic carbocycles. The molecule has 0 amide bonds. The molecule has 14 nitrogen and oxygen atoms in total. The van der Waals surface area contributed by atoms with E-state index in [4.69, 9.17) is 27.9 Å². The van der Waals surface area contributed by atoms with E-state index in [0.29, 0.717) is 5.82 Å². The Labute approximate surface area is 374 Å². The van der Waals surface area contributed by atoms with Gasteiger partial charge >= 0.3 is 21.1 Å². The average Bonchev–Trinajstić information content (AvgIpc) is 3.98. The Balaban J connectivity index is 0.000000144. The lowest BCUT2D eigenvalue weighted by molar-refractivity contribution is 0.00578. The van der Waals surface area contributed by atoms with E-state index >= 15 is 0 Å². The molecule has 3 fully saturated rings.